The van der Waals surface area contributed by atoms with Crippen LogP contribution >= 0.6 is 11.3 Å². The van der Waals surface area contributed by atoms with E-state index in [1.807, 2.05) is 0 Å². The number of nitrogens with zero attached hydrogens (tertiary/aromatic N) is 2. The quantitative estimate of drug-likeness (QED) is 0.848. The van der Waals surface area contributed by atoms with Gasteiger partial charge in [-0.05, 0) is 37.0 Å². The van der Waals surface area contributed by atoms with E-state index in [0.29, 0.717) is 23.7 Å². The van der Waals surface area contributed by atoms with Crippen LogP contribution in [-0.2, 0) is 17.1 Å². The molecule has 1 aliphatic heterocycles. The average molecular weight is 326 g/mol. The van der Waals surface area contributed by atoms with Crippen molar-refractivity contribution in [3.63, 3.8) is 0 Å². The number of hydrogen-bond donors (Lipinski definition) is 0. The molecule has 1 aromatic heterocycles. The first-order valence-corrected chi connectivity index (χ1v) is 9.25. The highest BCUT2D eigenvalue weighted by Crippen LogP contribution is 2.26. The Kier molecular flexibility index (Phi) is 3.67. The summed E-state index contributed by atoms with van der Waals surface area (Å²) in [6.07, 6.45) is 1.98. The van der Waals surface area contributed by atoms with Gasteiger partial charge in [0.25, 0.3) is 0 Å². The topological polar surface area (TPSA) is 59.4 Å². The van der Waals surface area contributed by atoms with E-state index in [0.717, 1.165) is 29.7 Å². The normalized spacial score (nSPS) is 21.0. The minimum atomic E-state index is -3.46. The van der Waals surface area contributed by atoms with Crippen molar-refractivity contribution in [3.05, 3.63) is 27.9 Å². The molecule has 3 rings (SSSR count). The number of rotatable bonds is 2. The highest BCUT2D eigenvalue weighted by Gasteiger charge is 2.28. The van der Waals surface area contributed by atoms with Crippen LogP contribution in [0.2, 0.25) is 0 Å². The van der Waals surface area contributed by atoms with Crippen LogP contribution < -0.4 is 4.87 Å². The Morgan fingerprint density at radius 2 is 2.10 bits per heavy atom. The minimum absolute atomic E-state index is 0.0776. The molecule has 1 atom stereocenters. The number of fused-ring (bicyclic) bond motifs is 1. The first-order valence-electron chi connectivity index (χ1n) is 6.99. The fraction of sp³-hybridized carbons (Fsp3) is 0.500. The Balaban J connectivity index is 2.04. The molecule has 7 heteroatoms. The molecule has 0 unspecified atom stereocenters. The van der Waals surface area contributed by atoms with Gasteiger partial charge in [0.05, 0.1) is 15.1 Å². The predicted molar refractivity (Wildman–Crippen MR) is 84.2 cm³/mol. The molecule has 0 radical (unpaired) electrons. The Bertz CT molecular complexity index is 836. The van der Waals surface area contributed by atoms with E-state index in [1.165, 1.54) is 0 Å². The van der Waals surface area contributed by atoms with Gasteiger partial charge < -0.3 is 4.57 Å². The maximum atomic E-state index is 12.7. The molecule has 21 heavy (non-hydrogen) atoms. The van der Waals surface area contributed by atoms with Gasteiger partial charge in [0, 0.05) is 20.1 Å². The predicted octanol–water partition coefficient (Wildman–Crippen LogP) is 2.02. The SMILES string of the molecule is C[C@@H]1CCCN(S(=O)(=O)c2ccc3c(c2)sc(=O)n3C)C1. The van der Waals surface area contributed by atoms with Crippen LogP contribution in [0.25, 0.3) is 10.2 Å². The third-order valence-corrected chi connectivity index (χ3v) is 6.88. The lowest BCUT2D eigenvalue weighted by Crippen LogP contribution is -2.39. The van der Waals surface area contributed by atoms with Crippen molar-refractivity contribution in [1.82, 2.24) is 8.87 Å². The molecule has 114 valence electrons. The van der Waals surface area contributed by atoms with Crippen molar-refractivity contribution in [2.75, 3.05) is 13.1 Å². The van der Waals surface area contributed by atoms with Crippen LogP contribution in [0.5, 0.6) is 0 Å². The number of benzene rings is 1. The van der Waals surface area contributed by atoms with Crippen LogP contribution in [-0.4, -0.2) is 30.4 Å². The fourth-order valence-electron chi connectivity index (χ4n) is 2.79. The number of sulfonamides is 1. The summed E-state index contributed by atoms with van der Waals surface area (Å²) in [5.41, 5.74) is 0.774. The maximum absolute atomic E-state index is 12.7. The molecule has 0 N–H and O–H groups in total. The Hall–Kier alpha value is -1.18. The summed E-state index contributed by atoms with van der Waals surface area (Å²) in [5.74, 6) is 0.394. The zero-order valence-electron chi connectivity index (χ0n) is 12.1. The van der Waals surface area contributed by atoms with Gasteiger partial charge in [-0.25, -0.2) is 8.42 Å². The van der Waals surface area contributed by atoms with Gasteiger partial charge >= 0.3 is 4.87 Å². The molecule has 2 aromatic rings. The monoisotopic (exact) mass is 326 g/mol. The zero-order valence-corrected chi connectivity index (χ0v) is 13.7. The van der Waals surface area contributed by atoms with Gasteiger partial charge in [-0.2, -0.15) is 4.31 Å². The number of aryl methyl sites for hydroxylation is 1. The highest BCUT2D eigenvalue weighted by atomic mass is 32.2. The van der Waals surface area contributed by atoms with Gasteiger partial charge in [0.2, 0.25) is 10.0 Å². The summed E-state index contributed by atoms with van der Waals surface area (Å²) in [4.78, 5) is 11.9. The van der Waals surface area contributed by atoms with Crippen molar-refractivity contribution in [1.29, 1.82) is 0 Å². The summed E-state index contributed by atoms with van der Waals surface area (Å²) in [6, 6.07) is 4.94. The molecule has 1 saturated heterocycles. The molecule has 1 aliphatic rings. The van der Waals surface area contributed by atoms with Gasteiger partial charge in [-0.15, -0.1) is 0 Å². The number of piperidine rings is 1. The van der Waals surface area contributed by atoms with E-state index in [4.69, 9.17) is 0 Å². The fourth-order valence-corrected chi connectivity index (χ4v) is 5.41. The molecule has 2 heterocycles. The molecule has 0 bridgehead atoms. The van der Waals surface area contributed by atoms with E-state index < -0.39 is 10.0 Å². The number of hydrogen-bond acceptors (Lipinski definition) is 4. The Labute approximate surface area is 127 Å². The van der Waals surface area contributed by atoms with Crippen LogP contribution in [0, 0.1) is 5.92 Å². The van der Waals surface area contributed by atoms with Crippen molar-refractivity contribution in [3.8, 4) is 0 Å². The first kappa shape index (κ1) is 14.7. The number of aromatic nitrogens is 1. The summed E-state index contributed by atoms with van der Waals surface area (Å²) in [5, 5.41) is 0. The van der Waals surface area contributed by atoms with E-state index in [1.54, 1.807) is 34.1 Å². The third-order valence-electron chi connectivity index (χ3n) is 4.02. The smallest absolute Gasteiger partial charge is 0.302 e. The second-order valence-corrected chi connectivity index (χ2v) is 8.60. The van der Waals surface area contributed by atoms with Crippen LogP contribution in [0.3, 0.4) is 0 Å². The maximum Gasteiger partial charge on any atom is 0.307 e. The van der Waals surface area contributed by atoms with Crippen molar-refractivity contribution in [2.45, 2.75) is 24.7 Å². The second-order valence-electron chi connectivity index (χ2n) is 5.67. The molecule has 1 aromatic carbocycles. The lowest BCUT2D eigenvalue weighted by atomic mass is 10.0. The zero-order chi connectivity index (χ0) is 15.2. The summed E-state index contributed by atoms with van der Waals surface area (Å²) in [6.45, 7) is 3.23. The second kappa shape index (κ2) is 5.23. The summed E-state index contributed by atoms with van der Waals surface area (Å²) in [7, 11) is -1.77. The van der Waals surface area contributed by atoms with Crippen molar-refractivity contribution < 1.29 is 8.42 Å². The Morgan fingerprint density at radius 1 is 1.33 bits per heavy atom. The number of thiazole rings is 1. The third kappa shape index (κ3) is 2.54. The molecule has 0 amide bonds. The van der Waals surface area contributed by atoms with Crippen LogP contribution in [0.15, 0.2) is 27.9 Å². The largest absolute Gasteiger partial charge is 0.307 e. The molecule has 0 aliphatic carbocycles. The average Bonchev–Trinajstić information content (AvgIpc) is 2.73. The Morgan fingerprint density at radius 3 is 2.81 bits per heavy atom. The lowest BCUT2D eigenvalue weighted by Gasteiger charge is -2.30. The molecule has 1 fully saturated rings. The molecular formula is C14H18N2O3S2. The van der Waals surface area contributed by atoms with E-state index in [-0.39, 0.29) is 9.77 Å². The van der Waals surface area contributed by atoms with Crippen molar-refractivity contribution >= 4 is 31.6 Å². The van der Waals surface area contributed by atoms with Gasteiger partial charge in [0.15, 0.2) is 0 Å². The first-order chi connectivity index (χ1) is 9.89. The highest BCUT2D eigenvalue weighted by molar-refractivity contribution is 7.89. The molecule has 5 nitrogen and oxygen atoms in total. The van der Waals surface area contributed by atoms with Crippen LogP contribution in [0.1, 0.15) is 19.8 Å². The summed E-state index contributed by atoms with van der Waals surface area (Å²) < 4.78 is 29.2. The van der Waals surface area contributed by atoms with E-state index >= 15 is 0 Å². The van der Waals surface area contributed by atoms with Crippen LogP contribution in [0.4, 0.5) is 0 Å². The summed E-state index contributed by atoms with van der Waals surface area (Å²) >= 11 is 1.08. The molecular weight excluding hydrogens is 308 g/mol. The van der Waals surface area contributed by atoms with Crippen molar-refractivity contribution in [2.24, 2.45) is 13.0 Å². The molecule has 0 spiro atoms. The standard InChI is InChI=1S/C14H18N2O3S2/c1-10-4-3-7-16(9-10)21(18,19)11-5-6-12-13(8-11)20-14(17)15(12)2/h5-6,8,10H,3-4,7,9H2,1-2H3/t10-/m1/s1. The van der Waals surface area contributed by atoms with E-state index in [9.17, 15) is 13.2 Å². The molecule has 0 saturated carbocycles. The van der Waals surface area contributed by atoms with Gasteiger partial charge in [-0.3, -0.25) is 4.79 Å². The van der Waals surface area contributed by atoms with Gasteiger partial charge in [-0.1, -0.05) is 18.3 Å². The minimum Gasteiger partial charge on any atom is -0.302 e. The van der Waals surface area contributed by atoms with E-state index in [2.05, 4.69) is 6.92 Å². The van der Waals surface area contributed by atoms with Gasteiger partial charge in [0.1, 0.15) is 0 Å². The lowest BCUT2D eigenvalue weighted by molar-refractivity contribution is 0.281.